The number of benzene rings is 1. The number of nitrogens with zero attached hydrogens (tertiary/aromatic N) is 2. The maximum atomic E-state index is 12.2. The lowest BCUT2D eigenvalue weighted by Crippen LogP contribution is -2.15. The van der Waals surface area contributed by atoms with Crippen LogP contribution in [0.15, 0.2) is 33.6 Å². The minimum atomic E-state index is -3.88. The third kappa shape index (κ3) is 3.74. The molecule has 0 atom stereocenters. The molecule has 0 saturated carbocycles. The van der Waals surface area contributed by atoms with Gasteiger partial charge in [0.25, 0.3) is 10.0 Å². The van der Waals surface area contributed by atoms with E-state index in [2.05, 4.69) is 30.6 Å². The van der Waals surface area contributed by atoms with Crippen LogP contribution in [0.4, 0.5) is 11.6 Å². The largest absolute Gasteiger partial charge is 0.481 e. The van der Waals surface area contributed by atoms with E-state index in [1.807, 2.05) is 0 Å². The molecule has 3 N–H and O–H groups in total. The lowest BCUT2D eigenvalue weighted by molar-refractivity contribution is 0.397. The molecule has 0 bridgehead atoms. The van der Waals surface area contributed by atoms with Gasteiger partial charge in [-0.05, 0) is 34.1 Å². The molecule has 0 aliphatic heterocycles. The Morgan fingerprint density at radius 2 is 2.05 bits per heavy atom. The lowest BCUT2D eigenvalue weighted by atomic mass is 10.3. The molecular formula is C11H10BrClN4O3S. The Bertz CT molecular complexity index is 785. The molecule has 0 radical (unpaired) electrons. The first kappa shape index (κ1) is 15.8. The van der Waals surface area contributed by atoms with E-state index in [0.29, 0.717) is 10.2 Å². The topological polar surface area (TPSA) is 107 Å². The average molecular weight is 394 g/mol. The standard InChI is InChI=1S/C11H10BrClN4O3S/c1-20-10-5-9(13)15-11(16-10)17-21(18,19)6-2-3-7(12)8(14)4-6/h2-5H,14H2,1H3,(H,15,16,17). The summed E-state index contributed by atoms with van der Waals surface area (Å²) in [5.74, 6) is -0.0520. The van der Waals surface area contributed by atoms with Crippen molar-refractivity contribution in [2.24, 2.45) is 0 Å². The van der Waals surface area contributed by atoms with Gasteiger partial charge in [-0.15, -0.1) is 0 Å². The SMILES string of the molecule is COc1cc(Cl)nc(NS(=O)(=O)c2ccc(Br)c(N)c2)n1. The fourth-order valence-corrected chi connectivity index (χ4v) is 2.81. The van der Waals surface area contributed by atoms with Crippen molar-refractivity contribution in [3.8, 4) is 5.88 Å². The van der Waals surface area contributed by atoms with Gasteiger partial charge in [-0.25, -0.2) is 18.1 Å². The molecule has 7 nitrogen and oxygen atoms in total. The van der Waals surface area contributed by atoms with Crippen LogP contribution in [0.1, 0.15) is 0 Å². The monoisotopic (exact) mass is 392 g/mol. The highest BCUT2D eigenvalue weighted by Gasteiger charge is 2.17. The summed E-state index contributed by atoms with van der Waals surface area (Å²) in [7, 11) is -2.50. The summed E-state index contributed by atoms with van der Waals surface area (Å²) >= 11 is 8.95. The van der Waals surface area contributed by atoms with E-state index >= 15 is 0 Å². The molecule has 0 saturated heterocycles. The number of hydrogen-bond acceptors (Lipinski definition) is 6. The number of methoxy groups -OCH3 is 1. The zero-order valence-electron chi connectivity index (χ0n) is 10.7. The summed E-state index contributed by atoms with van der Waals surface area (Å²) in [6.45, 7) is 0. The van der Waals surface area contributed by atoms with E-state index in [0.717, 1.165) is 0 Å². The number of aromatic nitrogens is 2. The number of nitrogens with two attached hydrogens (primary N) is 1. The molecule has 0 fully saturated rings. The number of sulfonamides is 1. The molecule has 0 aliphatic rings. The van der Waals surface area contributed by atoms with Crippen molar-refractivity contribution in [3.63, 3.8) is 0 Å². The molecule has 0 aliphatic carbocycles. The quantitative estimate of drug-likeness (QED) is 0.609. The molecule has 0 spiro atoms. The molecule has 21 heavy (non-hydrogen) atoms. The van der Waals surface area contributed by atoms with E-state index in [1.165, 1.54) is 31.4 Å². The summed E-state index contributed by atoms with van der Waals surface area (Å²) in [6, 6.07) is 5.60. The molecule has 2 rings (SSSR count). The Morgan fingerprint density at radius 1 is 1.33 bits per heavy atom. The van der Waals surface area contributed by atoms with Gasteiger partial charge in [0.15, 0.2) is 0 Å². The van der Waals surface area contributed by atoms with Gasteiger partial charge >= 0.3 is 0 Å². The summed E-state index contributed by atoms with van der Waals surface area (Å²) in [5, 5.41) is 0.0508. The van der Waals surface area contributed by atoms with Crippen LogP contribution in [0.2, 0.25) is 5.15 Å². The normalized spacial score (nSPS) is 11.2. The molecule has 1 aromatic heterocycles. The Labute approximate surface area is 134 Å². The first-order valence-corrected chi connectivity index (χ1v) is 8.13. The molecule has 112 valence electrons. The summed E-state index contributed by atoms with van der Waals surface area (Å²) in [6.07, 6.45) is 0. The van der Waals surface area contributed by atoms with Crippen LogP contribution in [-0.2, 0) is 10.0 Å². The minimum absolute atomic E-state index is 0.0225. The maximum absolute atomic E-state index is 12.2. The molecule has 0 unspecified atom stereocenters. The molecule has 1 aromatic carbocycles. The molecule has 1 heterocycles. The van der Waals surface area contributed by atoms with Crippen LogP contribution in [0.3, 0.4) is 0 Å². The number of nitrogens with one attached hydrogen (secondary N) is 1. The summed E-state index contributed by atoms with van der Waals surface area (Å²) < 4.78 is 32.2. The smallest absolute Gasteiger partial charge is 0.264 e. The highest BCUT2D eigenvalue weighted by molar-refractivity contribution is 9.10. The van der Waals surface area contributed by atoms with Crippen LogP contribution in [-0.4, -0.2) is 25.5 Å². The van der Waals surface area contributed by atoms with Gasteiger partial charge in [-0.3, -0.25) is 0 Å². The highest BCUT2D eigenvalue weighted by atomic mass is 79.9. The second-order valence-electron chi connectivity index (χ2n) is 3.85. The Hall–Kier alpha value is -1.58. The van der Waals surface area contributed by atoms with E-state index in [9.17, 15) is 8.42 Å². The second-order valence-corrected chi connectivity index (χ2v) is 6.77. The van der Waals surface area contributed by atoms with Gasteiger partial charge in [0.1, 0.15) is 5.15 Å². The number of rotatable bonds is 4. The van der Waals surface area contributed by atoms with Crippen LogP contribution in [0, 0.1) is 0 Å². The van der Waals surface area contributed by atoms with Gasteiger partial charge in [-0.1, -0.05) is 11.6 Å². The highest BCUT2D eigenvalue weighted by Crippen LogP contribution is 2.24. The van der Waals surface area contributed by atoms with Crippen molar-refractivity contribution in [3.05, 3.63) is 33.9 Å². The number of anilines is 2. The zero-order valence-corrected chi connectivity index (χ0v) is 13.8. The number of nitrogen functional groups attached to an aromatic ring is 1. The van der Waals surface area contributed by atoms with Crippen molar-refractivity contribution in [2.75, 3.05) is 17.6 Å². The van der Waals surface area contributed by atoms with Crippen LogP contribution < -0.4 is 15.2 Å². The summed E-state index contributed by atoms with van der Waals surface area (Å²) in [4.78, 5) is 7.61. The van der Waals surface area contributed by atoms with Crippen molar-refractivity contribution in [1.29, 1.82) is 0 Å². The third-order valence-corrected chi connectivity index (χ3v) is 4.63. The van der Waals surface area contributed by atoms with Crippen LogP contribution in [0.25, 0.3) is 0 Å². The fraction of sp³-hybridized carbons (Fsp3) is 0.0909. The van der Waals surface area contributed by atoms with Crippen molar-refractivity contribution < 1.29 is 13.2 Å². The van der Waals surface area contributed by atoms with E-state index in [-0.39, 0.29) is 21.9 Å². The average Bonchev–Trinajstić information content (AvgIpc) is 2.40. The van der Waals surface area contributed by atoms with Crippen LogP contribution in [0.5, 0.6) is 5.88 Å². The molecule has 10 heteroatoms. The van der Waals surface area contributed by atoms with Gasteiger partial charge < -0.3 is 10.5 Å². The Kier molecular flexibility index (Phi) is 4.55. The van der Waals surface area contributed by atoms with E-state index in [4.69, 9.17) is 22.1 Å². The summed E-state index contributed by atoms with van der Waals surface area (Å²) in [5.41, 5.74) is 5.96. The van der Waals surface area contributed by atoms with Crippen LogP contribution >= 0.6 is 27.5 Å². The maximum Gasteiger partial charge on any atom is 0.264 e. The molecule has 0 amide bonds. The predicted molar refractivity (Wildman–Crippen MR) is 83.0 cm³/mol. The van der Waals surface area contributed by atoms with Gasteiger partial charge in [0.05, 0.1) is 12.0 Å². The second kappa shape index (κ2) is 6.04. The number of ether oxygens (including phenoxy) is 1. The van der Waals surface area contributed by atoms with Gasteiger partial charge in [0.2, 0.25) is 11.8 Å². The zero-order chi connectivity index (χ0) is 15.6. The molecule has 2 aromatic rings. The van der Waals surface area contributed by atoms with Gasteiger partial charge in [-0.2, -0.15) is 4.98 Å². The first-order chi connectivity index (χ1) is 9.81. The number of hydrogen-bond donors (Lipinski definition) is 2. The first-order valence-electron chi connectivity index (χ1n) is 5.48. The lowest BCUT2D eigenvalue weighted by Gasteiger charge is -2.09. The third-order valence-electron chi connectivity index (χ3n) is 2.38. The van der Waals surface area contributed by atoms with E-state index in [1.54, 1.807) is 0 Å². The van der Waals surface area contributed by atoms with E-state index < -0.39 is 10.0 Å². The predicted octanol–water partition coefficient (Wildman–Crippen LogP) is 2.28. The minimum Gasteiger partial charge on any atom is -0.481 e. The fourth-order valence-electron chi connectivity index (χ4n) is 1.42. The Balaban J connectivity index is 2.37. The van der Waals surface area contributed by atoms with Crippen molar-refractivity contribution >= 4 is 49.2 Å². The van der Waals surface area contributed by atoms with Gasteiger partial charge in [0, 0.05) is 16.2 Å². The van der Waals surface area contributed by atoms with Crippen molar-refractivity contribution in [1.82, 2.24) is 9.97 Å². The van der Waals surface area contributed by atoms with Crippen molar-refractivity contribution in [2.45, 2.75) is 4.90 Å². The molecular weight excluding hydrogens is 384 g/mol. The number of halogens is 2. The Morgan fingerprint density at radius 3 is 2.67 bits per heavy atom.